The normalized spacial score (nSPS) is 20.5. The maximum absolute atomic E-state index is 12.3. The fourth-order valence-electron chi connectivity index (χ4n) is 7.13. The highest BCUT2D eigenvalue weighted by molar-refractivity contribution is 5.70. The summed E-state index contributed by atoms with van der Waals surface area (Å²) in [5, 5.41) is 40.8. The van der Waals surface area contributed by atoms with Gasteiger partial charge in [-0.05, 0) is 37.5 Å². The molecular formula is C42H78O8. The second-order valence-corrected chi connectivity index (χ2v) is 15.5. The number of carbonyl (C=O) groups is 2. The van der Waals surface area contributed by atoms with E-state index in [1.165, 1.54) is 70.6 Å². The summed E-state index contributed by atoms with van der Waals surface area (Å²) in [5.74, 6) is -0.0807. The van der Waals surface area contributed by atoms with Gasteiger partial charge in [0.1, 0.15) is 6.61 Å². The van der Waals surface area contributed by atoms with Crippen LogP contribution in [0.3, 0.4) is 0 Å². The van der Waals surface area contributed by atoms with Crippen molar-refractivity contribution >= 4 is 11.9 Å². The molecule has 0 spiro atoms. The molecule has 0 aromatic carbocycles. The number of rotatable bonds is 33. The van der Waals surface area contributed by atoms with Gasteiger partial charge >= 0.3 is 11.9 Å². The van der Waals surface area contributed by atoms with Gasteiger partial charge in [-0.15, -0.1) is 0 Å². The molecule has 0 amide bonds. The van der Waals surface area contributed by atoms with Gasteiger partial charge in [-0.2, -0.15) is 0 Å². The first-order valence-electron chi connectivity index (χ1n) is 20.9. The van der Waals surface area contributed by atoms with Crippen molar-refractivity contribution in [2.45, 2.75) is 212 Å². The summed E-state index contributed by atoms with van der Waals surface area (Å²) < 4.78 is 10.6. The van der Waals surface area contributed by atoms with E-state index >= 15 is 0 Å². The largest absolute Gasteiger partial charge is 0.462 e. The maximum atomic E-state index is 12.3. The summed E-state index contributed by atoms with van der Waals surface area (Å²) in [4.78, 5) is 24.5. The van der Waals surface area contributed by atoms with Crippen LogP contribution in [0.4, 0.5) is 0 Å². The van der Waals surface area contributed by atoms with Gasteiger partial charge in [-0.1, -0.05) is 155 Å². The van der Waals surface area contributed by atoms with Crippen molar-refractivity contribution in [3.63, 3.8) is 0 Å². The van der Waals surface area contributed by atoms with E-state index in [4.69, 9.17) is 9.47 Å². The van der Waals surface area contributed by atoms with E-state index in [-0.39, 0.29) is 30.8 Å². The molecule has 0 saturated heterocycles. The number of carbonyl (C=O) groups excluding carboxylic acids is 2. The minimum Gasteiger partial charge on any atom is -0.462 e. The maximum Gasteiger partial charge on any atom is 0.306 e. The molecule has 1 rings (SSSR count). The molecule has 0 heterocycles. The molecule has 1 saturated carbocycles. The number of esters is 2. The fourth-order valence-corrected chi connectivity index (χ4v) is 7.13. The summed E-state index contributed by atoms with van der Waals surface area (Å²) in [6, 6.07) is 0. The number of ether oxygens (including phenoxy) is 2. The van der Waals surface area contributed by atoms with E-state index in [2.05, 4.69) is 20.8 Å². The van der Waals surface area contributed by atoms with Crippen LogP contribution in [0.15, 0.2) is 12.2 Å². The van der Waals surface area contributed by atoms with Crippen molar-refractivity contribution in [3.05, 3.63) is 12.2 Å². The molecular weight excluding hydrogens is 632 g/mol. The number of aliphatic hydroxyl groups excluding tert-OH is 4. The van der Waals surface area contributed by atoms with Gasteiger partial charge in [0.15, 0.2) is 6.10 Å². The molecule has 0 bridgehead atoms. The number of unbranched alkanes of at least 4 members (excludes halogenated alkanes) is 17. The molecule has 1 aliphatic carbocycles. The Kier molecular flexibility index (Phi) is 28.9. The van der Waals surface area contributed by atoms with Gasteiger partial charge in [0.2, 0.25) is 0 Å². The van der Waals surface area contributed by atoms with E-state index in [0.717, 1.165) is 70.1 Å². The third-order valence-electron chi connectivity index (χ3n) is 10.3. The number of aliphatic hydroxyl groups is 4. The van der Waals surface area contributed by atoms with Crippen LogP contribution in [0.1, 0.15) is 188 Å². The Morgan fingerprint density at radius 2 is 1.22 bits per heavy atom. The predicted molar refractivity (Wildman–Crippen MR) is 203 cm³/mol. The average Bonchev–Trinajstić information content (AvgIpc) is 3.35. The van der Waals surface area contributed by atoms with Crippen LogP contribution in [-0.4, -0.2) is 70.0 Å². The molecule has 0 aromatic rings. The second-order valence-electron chi connectivity index (χ2n) is 15.5. The smallest absolute Gasteiger partial charge is 0.306 e. The van der Waals surface area contributed by atoms with E-state index in [1.807, 2.05) is 6.08 Å². The Morgan fingerprint density at radius 3 is 1.78 bits per heavy atom. The minimum absolute atomic E-state index is 0.0364. The third kappa shape index (κ3) is 24.7. The third-order valence-corrected chi connectivity index (χ3v) is 10.3. The highest BCUT2D eigenvalue weighted by atomic mass is 16.6. The lowest BCUT2D eigenvalue weighted by Crippen LogP contribution is -2.28. The van der Waals surface area contributed by atoms with Crippen molar-refractivity contribution in [3.8, 4) is 0 Å². The molecule has 0 aliphatic heterocycles. The molecule has 0 unspecified atom stereocenters. The molecule has 50 heavy (non-hydrogen) atoms. The summed E-state index contributed by atoms with van der Waals surface area (Å²) in [6.45, 7) is 6.22. The highest BCUT2D eigenvalue weighted by Crippen LogP contribution is 2.37. The Labute approximate surface area is 306 Å². The predicted octanol–water partition coefficient (Wildman–Crippen LogP) is 9.14. The van der Waals surface area contributed by atoms with E-state index in [1.54, 1.807) is 6.08 Å². The molecule has 294 valence electrons. The Hall–Kier alpha value is -1.48. The second kappa shape index (κ2) is 31.1. The number of hydrogen-bond acceptors (Lipinski definition) is 8. The monoisotopic (exact) mass is 711 g/mol. The standard InChI is InChI=1S/C42H78O8/c1-4-5-19-25-35(44)29-30-38-37(39(45)31-40(38)46)26-21-17-18-23-28-42(48)50-36(32-43)33-49-41(47)27-22-16-14-12-10-8-6-7-9-11-13-15-20-24-34(2)3/h29-30,34-40,43-46H,4-28,31-33H2,1-3H3/b30-29+/t35-,36-,37+,38+,39-,40+/m0/s1. The molecule has 1 aliphatic rings. The van der Waals surface area contributed by atoms with Gasteiger partial charge in [0.25, 0.3) is 0 Å². The molecule has 0 radical (unpaired) electrons. The van der Waals surface area contributed by atoms with Crippen molar-refractivity contribution in [1.29, 1.82) is 0 Å². The van der Waals surface area contributed by atoms with Crippen molar-refractivity contribution < 1.29 is 39.5 Å². The van der Waals surface area contributed by atoms with Crippen LogP contribution in [0.5, 0.6) is 0 Å². The Balaban J connectivity index is 2.06. The van der Waals surface area contributed by atoms with Crippen LogP contribution in [0, 0.1) is 17.8 Å². The topological polar surface area (TPSA) is 134 Å². The highest BCUT2D eigenvalue weighted by Gasteiger charge is 2.39. The van der Waals surface area contributed by atoms with E-state index in [0.29, 0.717) is 25.7 Å². The van der Waals surface area contributed by atoms with Crippen LogP contribution < -0.4 is 0 Å². The summed E-state index contributed by atoms with van der Waals surface area (Å²) >= 11 is 0. The summed E-state index contributed by atoms with van der Waals surface area (Å²) in [5.41, 5.74) is 0. The first-order chi connectivity index (χ1) is 24.2. The van der Waals surface area contributed by atoms with E-state index < -0.39 is 37.0 Å². The van der Waals surface area contributed by atoms with E-state index in [9.17, 15) is 30.0 Å². The zero-order valence-corrected chi connectivity index (χ0v) is 32.4. The SMILES string of the molecule is CCCCC[C@H](O)/C=C/[C@@H]1[C@@H](CCCCCCC(=O)O[C@@H](CO)COC(=O)CCCCCCCCCCCCCCCC(C)C)[C@@H](O)C[C@H]1O. The number of hydrogen-bond donors (Lipinski definition) is 4. The van der Waals surface area contributed by atoms with Crippen LogP contribution >= 0.6 is 0 Å². The summed E-state index contributed by atoms with van der Waals surface area (Å²) in [6.07, 6.45) is 27.7. The first kappa shape index (κ1) is 46.5. The van der Waals surface area contributed by atoms with Crippen molar-refractivity contribution in [2.24, 2.45) is 17.8 Å². The molecule has 1 fully saturated rings. The molecule has 4 N–H and O–H groups in total. The first-order valence-corrected chi connectivity index (χ1v) is 20.9. The van der Waals surface area contributed by atoms with Crippen molar-refractivity contribution in [1.82, 2.24) is 0 Å². The van der Waals surface area contributed by atoms with Crippen LogP contribution in [0.2, 0.25) is 0 Å². The zero-order chi connectivity index (χ0) is 36.8. The lowest BCUT2D eigenvalue weighted by atomic mass is 9.88. The van der Waals surface area contributed by atoms with Crippen LogP contribution in [-0.2, 0) is 19.1 Å². The van der Waals surface area contributed by atoms with Crippen molar-refractivity contribution in [2.75, 3.05) is 13.2 Å². The lowest BCUT2D eigenvalue weighted by molar-refractivity contribution is -0.161. The average molecular weight is 711 g/mol. The summed E-state index contributed by atoms with van der Waals surface area (Å²) in [7, 11) is 0. The lowest BCUT2D eigenvalue weighted by Gasteiger charge is -2.21. The molecule has 0 aromatic heterocycles. The Bertz CT molecular complexity index is 846. The minimum atomic E-state index is -0.846. The zero-order valence-electron chi connectivity index (χ0n) is 32.4. The quantitative estimate of drug-likeness (QED) is 0.0301. The van der Waals surface area contributed by atoms with Gasteiger partial charge in [0, 0.05) is 25.2 Å². The van der Waals surface area contributed by atoms with Gasteiger partial charge in [0.05, 0.1) is 24.9 Å². The molecule has 8 heteroatoms. The molecule has 8 nitrogen and oxygen atoms in total. The van der Waals surface area contributed by atoms with Gasteiger partial charge < -0.3 is 29.9 Å². The Morgan fingerprint density at radius 1 is 0.700 bits per heavy atom. The van der Waals surface area contributed by atoms with Gasteiger partial charge in [-0.25, -0.2) is 0 Å². The molecule has 6 atom stereocenters. The fraction of sp³-hybridized carbons (Fsp3) is 0.905. The van der Waals surface area contributed by atoms with Crippen LogP contribution in [0.25, 0.3) is 0 Å². The van der Waals surface area contributed by atoms with Gasteiger partial charge in [-0.3, -0.25) is 9.59 Å².